The van der Waals surface area contributed by atoms with Gasteiger partial charge in [0.15, 0.2) is 0 Å². The molecular formula is C36H18N2O10S2. The largest absolute Gasteiger partial charge is 0.294 e. The normalized spacial score (nSPS) is 15.0. The first-order valence-electron chi connectivity index (χ1n) is 14.9. The fourth-order valence-electron chi connectivity index (χ4n) is 7.30. The van der Waals surface area contributed by atoms with E-state index in [0.29, 0.717) is 70.9 Å². The van der Waals surface area contributed by atoms with E-state index in [-0.39, 0.29) is 11.1 Å². The number of fused-ring (bicyclic) bond motifs is 2. The molecule has 2 heterocycles. The van der Waals surface area contributed by atoms with Gasteiger partial charge in [-0.05, 0) is 86.9 Å². The van der Waals surface area contributed by atoms with Crippen molar-refractivity contribution in [3.8, 4) is 0 Å². The van der Waals surface area contributed by atoms with Crippen LogP contribution in [-0.4, -0.2) is 49.6 Å². The van der Waals surface area contributed by atoms with Crippen LogP contribution in [0, 0.1) is 0 Å². The van der Waals surface area contributed by atoms with Crippen LogP contribution in [0.5, 0.6) is 0 Å². The van der Waals surface area contributed by atoms with Gasteiger partial charge < -0.3 is 0 Å². The van der Waals surface area contributed by atoms with Gasteiger partial charge in [-0.3, -0.25) is 28.3 Å². The molecule has 12 nitrogen and oxygen atoms in total. The van der Waals surface area contributed by atoms with Gasteiger partial charge >= 0.3 is 0 Å². The van der Waals surface area contributed by atoms with Crippen LogP contribution >= 0.6 is 0 Å². The van der Waals surface area contributed by atoms with Gasteiger partial charge in [0.05, 0.1) is 21.2 Å². The number of benzene rings is 7. The van der Waals surface area contributed by atoms with Crippen molar-refractivity contribution in [2.75, 3.05) is 9.80 Å². The summed E-state index contributed by atoms with van der Waals surface area (Å²) < 4.78 is 67.3. The van der Waals surface area contributed by atoms with Crippen molar-refractivity contribution in [1.29, 1.82) is 0 Å². The molecular weight excluding hydrogens is 685 g/mol. The summed E-state index contributed by atoms with van der Waals surface area (Å²) in [6.45, 7) is 0. The van der Waals surface area contributed by atoms with Gasteiger partial charge in [-0.1, -0.05) is 42.5 Å². The lowest BCUT2D eigenvalue weighted by atomic mass is 9.82. The molecule has 0 bridgehead atoms. The Morgan fingerprint density at radius 2 is 0.740 bits per heavy atom. The third kappa shape index (κ3) is 3.92. The molecule has 7 aromatic carbocycles. The maximum absolute atomic E-state index is 14.1. The molecule has 50 heavy (non-hydrogen) atoms. The Hall–Kier alpha value is -6.06. The van der Waals surface area contributed by atoms with E-state index < -0.39 is 59.3 Å². The van der Waals surface area contributed by atoms with Crippen LogP contribution in [0.3, 0.4) is 0 Å². The summed E-state index contributed by atoms with van der Waals surface area (Å²) in [6.07, 6.45) is 0. The molecule has 14 heteroatoms. The lowest BCUT2D eigenvalue weighted by Gasteiger charge is -2.30. The number of carbonyl (C=O) groups is 4. The highest BCUT2D eigenvalue weighted by atomic mass is 32.2. The fraction of sp³-hybridized carbons (Fsp3) is 0. The van der Waals surface area contributed by atoms with Crippen molar-refractivity contribution >= 4 is 98.3 Å². The summed E-state index contributed by atoms with van der Waals surface area (Å²) in [4.78, 5) is 55.6. The predicted molar refractivity (Wildman–Crippen MR) is 182 cm³/mol. The van der Waals surface area contributed by atoms with Gasteiger partial charge in [0.25, 0.3) is 43.9 Å². The molecule has 9 rings (SSSR count). The van der Waals surface area contributed by atoms with Gasteiger partial charge in [-0.25, -0.2) is 9.80 Å². The molecule has 0 fully saturated rings. The second-order valence-corrected chi connectivity index (χ2v) is 14.8. The molecule has 0 aromatic heterocycles. The predicted octanol–water partition coefficient (Wildman–Crippen LogP) is 5.83. The molecule has 4 amide bonds. The van der Waals surface area contributed by atoms with Crippen LogP contribution < -0.4 is 9.80 Å². The average molecular weight is 703 g/mol. The third-order valence-electron chi connectivity index (χ3n) is 9.37. The van der Waals surface area contributed by atoms with Crippen LogP contribution in [0.4, 0.5) is 11.4 Å². The van der Waals surface area contributed by atoms with Crippen LogP contribution in [-0.2, 0) is 20.2 Å². The van der Waals surface area contributed by atoms with Crippen LogP contribution in [0.2, 0.25) is 0 Å². The van der Waals surface area contributed by atoms with Gasteiger partial charge in [-0.15, -0.1) is 0 Å². The van der Waals surface area contributed by atoms with E-state index in [4.69, 9.17) is 0 Å². The SMILES string of the molecule is O=C1c2ccc3c4ccc5c6c(ccc(c7ccc(c2c37)C(=O)N1c1ccccc1)c64)C(=O)N(c1cc(S(=O)(=O)O)cc(S(=O)(=O)O)c1)C5=O. The summed E-state index contributed by atoms with van der Waals surface area (Å²) in [7, 11) is -10.1. The highest BCUT2D eigenvalue weighted by molar-refractivity contribution is 7.86. The van der Waals surface area contributed by atoms with Crippen molar-refractivity contribution in [1.82, 2.24) is 0 Å². The van der Waals surface area contributed by atoms with E-state index in [0.717, 1.165) is 17.0 Å². The molecule has 0 saturated heterocycles. The average Bonchev–Trinajstić information content (AvgIpc) is 3.08. The second kappa shape index (κ2) is 9.77. The Morgan fingerprint density at radius 1 is 0.400 bits per heavy atom. The molecule has 0 spiro atoms. The quantitative estimate of drug-likeness (QED) is 0.0979. The minimum Gasteiger partial charge on any atom is -0.282 e. The lowest BCUT2D eigenvalue weighted by Crippen LogP contribution is -2.40. The summed E-state index contributed by atoms with van der Waals surface area (Å²) >= 11 is 0. The molecule has 0 aliphatic carbocycles. The summed E-state index contributed by atoms with van der Waals surface area (Å²) in [5, 5.41) is 4.64. The molecule has 7 aromatic rings. The van der Waals surface area contributed by atoms with Crippen molar-refractivity contribution in [3.63, 3.8) is 0 Å². The lowest BCUT2D eigenvalue weighted by molar-refractivity contribution is 0.0877. The topological polar surface area (TPSA) is 184 Å². The number of hydrogen-bond acceptors (Lipinski definition) is 8. The zero-order valence-corrected chi connectivity index (χ0v) is 26.7. The zero-order chi connectivity index (χ0) is 35.0. The van der Waals surface area contributed by atoms with E-state index in [9.17, 15) is 45.1 Å². The molecule has 0 unspecified atom stereocenters. The minimum absolute atomic E-state index is 0.0452. The van der Waals surface area contributed by atoms with Gasteiger partial charge in [0, 0.05) is 33.0 Å². The number of anilines is 2. The Morgan fingerprint density at radius 3 is 1.08 bits per heavy atom. The molecule has 0 radical (unpaired) electrons. The first kappa shape index (κ1) is 30.0. The number of imide groups is 2. The fourth-order valence-corrected chi connectivity index (χ4v) is 8.46. The summed E-state index contributed by atoms with van der Waals surface area (Å²) in [5.41, 5.74) is 0.706. The molecule has 0 atom stereocenters. The first-order valence-corrected chi connectivity index (χ1v) is 17.8. The van der Waals surface area contributed by atoms with Crippen LogP contribution in [0.15, 0.2) is 107 Å². The zero-order valence-electron chi connectivity index (χ0n) is 25.1. The van der Waals surface area contributed by atoms with E-state index in [1.807, 2.05) is 0 Å². The Balaban J connectivity index is 1.28. The number of rotatable bonds is 4. The molecule has 0 saturated carbocycles. The van der Waals surface area contributed by atoms with E-state index >= 15 is 0 Å². The van der Waals surface area contributed by atoms with Gasteiger partial charge in [-0.2, -0.15) is 16.8 Å². The monoisotopic (exact) mass is 702 g/mol. The van der Waals surface area contributed by atoms with Crippen molar-refractivity contribution in [3.05, 3.63) is 119 Å². The highest BCUT2D eigenvalue weighted by Gasteiger charge is 2.38. The minimum atomic E-state index is -5.03. The Bertz CT molecular complexity index is 2840. The summed E-state index contributed by atoms with van der Waals surface area (Å²) in [5.74, 6) is -2.76. The second-order valence-electron chi connectivity index (χ2n) is 12.0. The number of hydrogen-bond donors (Lipinski definition) is 2. The van der Waals surface area contributed by atoms with Crippen LogP contribution in [0.25, 0.3) is 43.1 Å². The highest BCUT2D eigenvalue weighted by Crippen LogP contribution is 2.47. The van der Waals surface area contributed by atoms with Crippen LogP contribution in [0.1, 0.15) is 41.4 Å². The first-order chi connectivity index (χ1) is 23.8. The smallest absolute Gasteiger partial charge is 0.282 e. The molecule has 244 valence electrons. The maximum Gasteiger partial charge on any atom is 0.294 e. The number of carbonyl (C=O) groups excluding carboxylic acids is 4. The molecule has 2 aliphatic heterocycles. The number of nitrogens with zero attached hydrogens (tertiary/aromatic N) is 2. The molecule has 2 aliphatic rings. The van der Waals surface area contributed by atoms with E-state index in [1.165, 1.54) is 12.1 Å². The van der Waals surface area contributed by atoms with Gasteiger partial charge in [0.1, 0.15) is 0 Å². The van der Waals surface area contributed by atoms with Crippen molar-refractivity contribution in [2.45, 2.75) is 9.79 Å². The Kier molecular flexibility index (Phi) is 5.87. The number of para-hydroxylation sites is 1. The number of amides is 4. The van der Waals surface area contributed by atoms with Gasteiger partial charge in [0.2, 0.25) is 0 Å². The standard InChI is InChI=1S/C36H18N2O10S2/c39-33-25-10-6-21-23-8-12-27-32-28(36(42)38(35(27)41)18-14-19(49(43,44)45)16-20(15-18)50(46,47)48)13-9-24(30(23)32)22-7-11-26(31(25)29(21)22)34(40)37(33)17-4-2-1-3-5-17/h1-16H,(H,43,44,45)(H,46,47,48). The van der Waals surface area contributed by atoms with Crippen molar-refractivity contribution in [2.24, 2.45) is 0 Å². The third-order valence-corrected chi connectivity index (χ3v) is 11.0. The van der Waals surface area contributed by atoms with E-state index in [2.05, 4.69) is 0 Å². The summed E-state index contributed by atoms with van der Waals surface area (Å²) in [6, 6.07) is 23.8. The molecule has 2 N–H and O–H groups in total. The van der Waals surface area contributed by atoms with Crippen molar-refractivity contribution < 1.29 is 45.1 Å². The Labute approximate surface area is 281 Å². The van der Waals surface area contributed by atoms with E-state index in [1.54, 1.807) is 66.7 Å². The maximum atomic E-state index is 14.1.